The first-order valence-electron chi connectivity index (χ1n) is 7.34. The molecule has 1 atom stereocenters. The molecule has 0 aliphatic heterocycles. The van der Waals surface area contributed by atoms with Gasteiger partial charge < -0.3 is 5.32 Å². The van der Waals surface area contributed by atoms with Gasteiger partial charge in [-0.25, -0.2) is 13.5 Å². The highest BCUT2D eigenvalue weighted by molar-refractivity contribution is 5.93. The van der Waals surface area contributed by atoms with E-state index in [0.29, 0.717) is 0 Å². The highest BCUT2D eigenvalue weighted by atomic mass is 19.2. The fourth-order valence-corrected chi connectivity index (χ4v) is 2.64. The number of fused-ring (bicyclic) bond motifs is 1. The zero-order chi connectivity index (χ0) is 16.6. The van der Waals surface area contributed by atoms with E-state index in [1.807, 2.05) is 0 Å². The fourth-order valence-electron chi connectivity index (χ4n) is 2.64. The van der Waals surface area contributed by atoms with Gasteiger partial charge in [0.25, 0.3) is 5.56 Å². The summed E-state index contributed by atoms with van der Waals surface area (Å²) in [6, 6.07) is 4.06. The van der Waals surface area contributed by atoms with E-state index in [2.05, 4.69) is 10.4 Å². The maximum Gasteiger partial charge on any atom is 0.267 e. The van der Waals surface area contributed by atoms with Crippen molar-refractivity contribution in [1.29, 1.82) is 0 Å². The van der Waals surface area contributed by atoms with Crippen molar-refractivity contribution >= 4 is 11.6 Å². The van der Waals surface area contributed by atoms with Gasteiger partial charge in [0.05, 0.1) is 11.4 Å². The van der Waals surface area contributed by atoms with E-state index in [4.69, 9.17) is 0 Å². The second-order valence-electron chi connectivity index (χ2n) is 5.52. The SMILES string of the molecule is CC(C(=O)Nc1cccc(F)c1F)n1nc2c(cc1=O)CCC2. The first-order valence-corrected chi connectivity index (χ1v) is 7.34. The summed E-state index contributed by atoms with van der Waals surface area (Å²) in [6.07, 6.45) is 2.51. The van der Waals surface area contributed by atoms with Crippen molar-refractivity contribution in [3.05, 3.63) is 57.5 Å². The molecule has 1 amide bonds. The third-order valence-corrected chi connectivity index (χ3v) is 3.94. The van der Waals surface area contributed by atoms with Crippen molar-refractivity contribution in [1.82, 2.24) is 9.78 Å². The van der Waals surface area contributed by atoms with Gasteiger partial charge >= 0.3 is 0 Å². The first-order chi connectivity index (χ1) is 11.0. The summed E-state index contributed by atoms with van der Waals surface area (Å²) in [6.45, 7) is 1.49. The van der Waals surface area contributed by atoms with Crippen LogP contribution in [0, 0.1) is 11.6 Å². The lowest BCUT2D eigenvalue weighted by atomic mass is 10.2. The number of benzene rings is 1. The van der Waals surface area contributed by atoms with E-state index < -0.39 is 23.6 Å². The minimum Gasteiger partial charge on any atom is -0.322 e. The smallest absolute Gasteiger partial charge is 0.267 e. The standard InChI is InChI=1S/C16H15F2N3O2/c1-9(16(23)19-13-7-3-5-11(17)15(13)18)21-14(22)8-10-4-2-6-12(10)20-21/h3,5,7-9H,2,4,6H2,1H3,(H,19,23). The molecular weight excluding hydrogens is 304 g/mol. The molecule has 5 nitrogen and oxygen atoms in total. The summed E-state index contributed by atoms with van der Waals surface area (Å²) in [4.78, 5) is 24.3. The monoisotopic (exact) mass is 319 g/mol. The van der Waals surface area contributed by atoms with Crippen LogP contribution in [0.3, 0.4) is 0 Å². The normalized spacial score (nSPS) is 14.4. The Labute approximate surface area is 130 Å². The molecule has 1 heterocycles. The molecule has 2 aromatic rings. The van der Waals surface area contributed by atoms with E-state index in [-0.39, 0.29) is 11.2 Å². The molecule has 120 valence electrons. The molecule has 0 fully saturated rings. The Morgan fingerprint density at radius 3 is 2.91 bits per heavy atom. The Bertz CT molecular complexity index is 833. The number of rotatable bonds is 3. The second kappa shape index (κ2) is 5.91. The third-order valence-electron chi connectivity index (χ3n) is 3.94. The van der Waals surface area contributed by atoms with Crippen molar-refractivity contribution < 1.29 is 13.6 Å². The first kappa shape index (κ1) is 15.3. The van der Waals surface area contributed by atoms with Gasteiger partial charge in [-0.1, -0.05) is 6.07 Å². The average Bonchev–Trinajstić information content (AvgIpc) is 2.97. The number of aromatic nitrogens is 2. The lowest BCUT2D eigenvalue weighted by Crippen LogP contribution is -2.34. The van der Waals surface area contributed by atoms with Crippen LogP contribution in [-0.4, -0.2) is 15.7 Å². The fraction of sp³-hybridized carbons (Fsp3) is 0.312. The molecule has 3 rings (SSSR count). The molecule has 1 aromatic heterocycles. The molecule has 0 bridgehead atoms. The van der Waals surface area contributed by atoms with Crippen molar-refractivity contribution in [3.63, 3.8) is 0 Å². The molecule has 1 aromatic carbocycles. The van der Waals surface area contributed by atoms with Crippen molar-refractivity contribution in [2.45, 2.75) is 32.2 Å². The van der Waals surface area contributed by atoms with Crippen LogP contribution in [0.25, 0.3) is 0 Å². The number of carbonyl (C=O) groups is 1. The third kappa shape index (κ3) is 2.86. The van der Waals surface area contributed by atoms with Crippen LogP contribution >= 0.6 is 0 Å². The molecular formula is C16H15F2N3O2. The highest BCUT2D eigenvalue weighted by Crippen LogP contribution is 2.20. The summed E-state index contributed by atoms with van der Waals surface area (Å²) in [7, 11) is 0. The summed E-state index contributed by atoms with van der Waals surface area (Å²) in [5, 5.41) is 6.52. The Hall–Kier alpha value is -2.57. The molecule has 0 saturated heterocycles. The number of halogens is 2. The molecule has 1 N–H and O–H groups in total. The van der Waals surface area contributed by atoms with Gasteiger partial charge in [0.2, 0.25) is 5.91 Å². The quantitative estimate of drug-likeness (QED) is 0.943. The summed E-state index contributed by atoms with van der Waals surface area (Å²) >= 11 is 0. The van der Waals surface area contributed by atoms with Gasteiger partial charge in [-0.05, 0) is 43.9 Å². The molecule has 1 aliphatic rings. The van der Waals surface area contributed by atoms with Crippen LogP contribution in [0.1, 0.15) is 30.6 Å². The predicted octanol–water partition coefficient (Wildman–Crippen LogP) is 2.21. The topological polar surface area (TPSA) is 64.0 Å². The van der Waals surface area contributed by atoms with Crippen LogP contribution in [0.2, 0.25) is 0 Å². The van der Waals surface area contributed by atoms with Crippen molar-refractivity contribution in [3.8, 4) is 0 Å². The van der Waals surface area contributed by atoms with Crippen LogP contribution < -0.4 is 10.9 Å². The molecule has 0 saturated carbocycles. The molecule has 7 heteroatoms. The van der Waals surface area contributed by atoms with Gasteiger partial charge in [-0.15, -0.1) is 0 Å². The van der Waals surface area contributed by atoms with Crippen LogP contribution in [0.4, 0.5) is 14.5 Å². The van der Waals surface area contributed by atoms with E-state index >= 15 is 0 Å². The van der Waals surface area contributed by atoms with Crippen LogP contribution in [0.15, 0.2) is 29.1 Å². The molecule has 23 heavy (non-hydrogen) atoms. The Kier molecular flexibility index (Phi) is 3.94. The maximum atomic E-state index is 13.6. The maximum absolute atomic E-state index is 13.6. The summed E-state index contributed by atoms with van der Waals surface area (Å²) < 4.78 is 27.9. The number of carbonyl (C=O) groups excluding carboxylic acids is 1. The largest absolute Gasteiger partial charge is 0.322 e. The Morgan fingerprint density at radius 2 is 2.13 bits per heavy atom. The molecule has 1 aliphatic carbocycles. The summed E-state index contributed by atoms with van der Waals surface area (Å²) in [5.74, 6) is -2.83. The van der Waals surface area contributed by atoms with E-state index in [9.17, 15) is 18.4 Å². The minimum atomic E-state index is -1.14. The van der Waals surface area contributed by atoms with E-state index in [1.165, 1.54) is 25.1 Å². The van der Waals surface area contributed by atoms with Gasteiger partial charge in [0, 0.05) is 6.07 Å². The van der Waals surface area contributed by atoms with Crippen molar-refractivity contribution in [2.75, 3.05) is 5.32 Å². The van der Waals surface area contributed by atoms with Gasteiger partial charge in [0.1, 0.15) is 6.04 Å². The number of anilines is 1. The van der Waals surface area contributed by atoms with Crippen molar-refractivity contribution in [2.24, 2.45) is 0 Å². The van der Waals surface area contributed by atoms with E-state index in [0.717, 1.165) is 41.3 Å². The average molecular weight is 319 g/mol. The van der Waals surface area contributed by atoms with Gasteiger partial charge in [-0.3, -0.25) is 9.59 Å². The zero-order valence-electron chi connectivity index (χ0n) is 12.5. The lowest BCUT2D eigenvalue weighted by molar-refractivity contribution is -0.119. The van der Waals surface area contributed by atoms with E-state index in [1.54, 1.807) is 0 Å². The lowest BCUT2D eigenvalue weighted by Gasteiger charge is -2.15. The Balaban J connectivity index is 1.86. The van der Waals surface area contributed by atoms with Crippen LogP contribution in [0.5, 0.6) is 0 Å². The molecule has 0 radical (unpaired) electrons. The van der Waals surface area contributed by atoms with Crippen LogP contribution in [-0.2, 0) is 17.6 Å². The zero-order valence-corrected chi connectivity index (χ0v) is 12.5. The predicted molar refractivity (Wildman–Crippen MR) is 80.2 cm³/mol. The number of aryl methyl sites for hydroxylation is 2. The molecule has 1 unspecified atom stereocenters. The number of amides is 1. The number of hydrogen-bond donors (Lipinski definition) is 1. The second-order valence-corrected chi connectivity index (χ2v) is 5.52. The Morgan fingerprint density at radius 1 is 1.35 bits per heavy atom. The number of nitrogens with zero attached hydrogens (tertiary/aromatic N) is 2. The highest BCUT2D eigenvalue weighted by Gasteiger charge is 2.22. The number of hydrogen-bond acceptors (Lipinski definition) is 3. The number of nitrogens with one attached hydrogen (secondary N) is 1. The minimum absolute atomic E-state index is 0.268. The van der Waals surface area contributed by atoms with Gasteiger partial charge in [-0.2, -0.15) is 5.10 Å². The molecule has 0 spiro atoms. The summed E-state index contributed by atoms with van der Waals surface area (Å²) in [5.41, 5.74) is 1.07. The van der Waals surface area contributed by atoms with Gasteiger partial charge in [0.15, 0.2) is 11.6 Å².